The van der Waals surface area contributed by atoms with Crippen molar-refractivity contribution in [2.45, 2.75) is 44.6 Å². The van der Waals surface area contributed by atoms with E-state index in [0.717, 1.165) is 54.5 Å². The van der Waals surface area contributed by atoms with Crippen LogP contribution >= 0.6 is 11.8 Å². The first kappa shape index (κ1) is 19.7. The second-order valence-corrected chi connectivity index (χ2v) is 8.37. The molecule has 6 nitrogen and oxygen atoms in total. The number of halogens is 1. The first-order valence-corrected chi connectivity index (χ1v) is 10.6. The number of carbonyl (C=O) groups is 2. The fourth-order valence-corrected chi connectivity index (χ4v) is 4.92. The molecular formula is C21H22FN3O3S. The summed E-state index contributed by atoms with van der Waals surface area (Å²) >= 11 is 1.14. The lowest BCUT2D eigenvalue weighted by molar-refractivity contribution is -0.132. The van der Waals surface area contributed by atoms with E-state index in [0.29, 0.717) is 23.6 Å². The summed E-state index contributed by atoms with van der Waals surface area (Å²) in [7, 11) is 0. The number of aliphatic imine (C=N–C) groups is 1. The minimum atomic E-state index is -1.14. The van der Waals surface area contributed by atoms with Crippen LogP contribution in [0.4, 0.5) is 4.39 Å². The lowest BCUT2D eigenvalue weighted by atomic mass is 9.96. The minimum Gasteiger partial charge on any atom is -0.478 e. The highest BCUT2D eigenvalue weighted by atomic mass is 32.2. The highest BCUT2D eigenvalue weighted by Crippen LogP contribution is 2.33. The molecule has 29 heavy (non-hydrogen) atoms. The molecule has 1 aliphatic carbocycles. The molecule has 152 valence electrons. The zero-order chi connectivity index (χ0) is 20.4. The standard InChI is InChI=1S/C21H22FN3O3S/c22-14-6-7-16-13(12-23-17(16)10-14)8-9-25-20(28)18(11-19(26)27)29-21(25)24-15-4-2-1-3-5-15/h6-7,10-12,15,23H,1-5,8-9H2,(H,26,27)/b18-11+,24-21?. The minimum absolute atomic E-state index is 0.182. The molecule has 2 aromatic rings. The Hall–Kier alpha value is -2.61. The second-order valence-electron chi connectivity index (χ2n) is 7.36. The van der Waals surface area contributed by atoms with Gasteiger partial charge in [0, 0.05) is 29.7 Å². The van der Waals surface area contributed by atoms with Crippen LogP contribution in [0, 0.1) is 5.82 Å². The zero-order valence-corrected chi connectivity index (χ0v) is 16.7. The molecule has 2 fully saturated rings. The van der Waals surface area contributed by atoms with Crippen molar-refractivity contribution in [1.82, 2.24) is 9.88 Å². The van der Waals surface area contributed by atoms with Crippen LogP contribution in [0.2, 0.25) is 0 Å². The summed E-state index contributed by atoms with van der Waals surface area (Å²) < 4.78 is 13.4. The van der Waals surface area contributed by atoms with Gasteiger partial charge >= 0.3 is 5.97 Å². The Morgan fingerprint density at radius 3 is 2.90 bits per heavy atom. The van der Waals surface area contributed by atoms with Crippen LogP contribution in [-0.2, 0) is 16.0 Å². The van der Waals surface area contributed by atoms with Gasteiger partial charge in [-0.2, -0.15) is 0 Å². The monoisotopic (exact) mass is 415 g/mol. The smallest absolute Gasteiger partial charge is 0.329 e. The molecule has 0 radical (unpaired) electrons. The molecule has 2 aliphatic rings. The number of carbonyl (C=O) groups excluding carboxylic acids is 1. The number of carboxylic acid groups (broad SMARTS) is 1. The van der Waals surface area contributed by atoms with Gasteiger partial charge in [-0.15, -0.1) is 0 Å². The van der Waals surface area contributed by atoms with E-state index >= 15 is 0 Å². The normalized spacial score (nSPS) is 21.0. The van der Waals surface area contributed by atoms with Crippen LogP contribution in [0.5, 0.6) is 0 Å². The summed E-state index contributed by atoms with van der Waals surface area (Å²) in [5, 5.41) is 10.6. The number of rotatable bonds is 5. The summed E-state index contributed by atoms with van der Waals surface area (Å²) in [6, 6.07) is 4.77. The number of nitrogens with one attached hydrogen (secondary N) is 1. The topological polar surface area (TPSA) is 85.8 Å². The predicted octanol–water partition coefficient (Wildman–Crippen LogP) is 4.08. The number of nitrogens with zero attached hydrogens (tertiary/aromatic N) is 2. The number of hydrogen-bond donors (Lipinski definition) is 2. The molecule has 0 unspecified atom stereocenters. The number of benzene rings is 1. The number of H-pyrrole nitrogens is 1. The molecule has 1 aliphatic heterocycles. The fraction of sp³-hybridized carbons (Fsp3) is 0.381. The molecule has 0 atom stereocenters. The molecule has 1 aromatic carbocycles. The van der Waals surface area contributed by atoms with Crippen LogP contribution in [0.15, 0.2) is 40.4 Å². The van der Waals surface area contributed by atoms with E-state index in [4.69, 9.17) is 10.1 Å². The number of hydrogen-bond acceptors (Lipinski definition) is 4. The van der Waals surface area contributed by atoms with Crippen molar-refractivity contribution in [3.8, 4) is 0 Å². The molecule has 8 heteroatoms. The number of amides is 1. The third-order valence-electron chi connectivity index (χ3n) is 5.34. The molecule has 4 rings (SSSR count). The van der Waals surface area contributed by atoms with Gasteiger partial charge in [0.25, 0.3) is 5.91 Å². The van der Waals surface area contributed by atoms with E-state index in [1.807, 2.05) is 6.20 Å². The van der Waals surface area contributed by atoms with Gasteiger partial charge in [0.15, 0.2) is 5.17 Å². The van der Waals surface area contributed by atoms with Gasteiger partial charge in [-0.25, -0.2) is 9.18 Å². The van der Waals surface area contributed by atoms with Gasteiger partial charge in [-0.1, -0.05) is 19.3 Å². The molecule has 2 heterocycles. The maximum absolute atomic E-state index is 13.4. The Kier molecular flexibility index (Phi) is 5.71. The number of carboxylic acids is 1. The Balaban J connectivity index is 1.56. The summed E-state index contributed by atoms with van der Waals surface area (Å²) in [6.45, 7) is 0.388. The first-order chi connectivity index (χ1) is 14.0. The number of aromatic amines is 1. The van der Waals surface area contributed by atoms with Crippen LogP contribution in [0.3, 0.4) is 0 Å². The summed E-state index contributed by atoms with van der Waals surface area (Å²) in [5.41, 5.74) is 1.69. The van der Waals surface area contributed by atoms with Crippen molar-refractivity contribution in [3.63, 3.8) is 0 Å². The molecule has 1 saturated carbocycles. The molecule has 1 saturated heterocycles. The lowest BCUT2D eigenvalue weighted by Gasteiger charge is -2.21. The van der Waals surface area contributed by atoms with Crippen molar-refractivity contribution >= 4 is 39.7 Å². The Morgan fingerprint density at radius 1 is 1.34 bits per heavy atom. The summed E-state index contributed by atoms with van der Waals surface area (Å²) in [4.78, 5) is 33.5. The average molecular weight is 415 g/mol. The van der Waals surface area contributed by atoms with Crippen LogP contribution in [0.25, 0.3) is 10.9 Å². The van der Waals surface area contributed by atoms with Gasteiger partial charge < -0.3 is 10.1 Å². The van der Waals surface area contributed by atoms with Crippen LogP contribution < -0.4 is 0 Å². The Morgan fingerprint density at radius 2 is 2.14 bits per heavy atom. The van der Waals surface area contributed by atoms with Crippen LogP contribution in [-0.4, -0.2) is 44.6 Å². The molecule has 0 bridgehead atoms. The number of thioether (sulfide) groups is 1. The number of aliphatic carboxylic acids is 1. The van der Waals surface area contributed by atoms with E-state index in [-0.39, 0.29) is 22.7 Å². The third kappa shape index (κ3) is 4.37. The number of fused-ring (bicyclic) bond motifs is 1. The molecule has 0 spiro atoms. The molecule has 1 aromatic heterocycles. The first-order valence-electron chi connectivity index (χ1n) is 9.79. The van der Waals surface area contributed by atoms with Gasteiger partial charge in [-0.05, 0) is 54.8 Å². The fourth-order valence-electron chi connectivity index (χ4n) is 3.88. The van der Waals surface area contributed by atoms with Crippen molar-refractivity contribution in [2.75, 3.05) is 6.54 Å². The third-order valence-corrected chi connectivity index (χ3v) is 6.37. The highest BCUT2D eigenvalue weighted by Gasteiger charge is 2.34. The zero-order valence-electron chi connectivity index (χ0n) is 15.9. The van der Waals surface area contributed by atoms with E-state index in [1.54, 1.807) is 11.0 Å². The van der Waals surface area contributed by atoms with Crippen molar-refractivity contribution in [2.24, 2.45) is 4.99 Å². The lowest BCUT2D eigenvalue weighted by Crippen LogP contribution is -2.32. The Bertz CT molecular complexity index is 1010. The summed E-state index contributed by atoms with van der Waals surface area (Å²) in [6.07, 6.45) is 8.80. The van der Waals surface area contributed by atoms with Gasteiger partial charge in [0.05, 0.1) is 10.9 Å². The second kappa shape index (κ2) is 8.41. The summed E-state index contributed by atoms with van der Waals surface area (Å²) in [5.74, 6) is -1.77. The van der Waals surface area contributed by atoms with E-state index in [1.165, 1.54) is 18.6 Å². The average Bonchev–Trinajstić information content (AvgIpc) is 3.21. The maximum Gasteiger partial charge on any atom is 0.329 e. The maximum atomic E-state index is 13.4. The van der Waals surface area contributed by atoms with Gasteiger partial charge in [-0.3, -0.25) is 14.7 Å². The predicted molar refractivity (Wildman–Crippen MR) is 111 cm³/mol. The molecule has 2 N–H and O–H groups in total. The largest absolute Gasteiger partial charge is 0.478 e. The van der Waals surface area contributed by atoms with E-state index < -0.39 is 5.97 Å². The van der Waals surface area contributed by atoms with E-state index in [2.05, 4.69) is 4.98 Å². The van der Waals surface area contributed by atoms with Crippen molar-refractivity contribution in [3.05, 3.63) is 46.8 Å². The SMILES string of the molecule is O=C(O)/C=C1/SC(=NC2CCCCC2)N(CCc2c[nH]c3cc(F)ccc23)C1=O. The van der Waals surface area contributed by atoms with Crippen molar-refractivity contribution in [1.29, 1.82) is 0 Å². The quantitative estimate of drug-likeness (QED) is 0.721. The highest BCUT2D eigenvalue weighted by molar-refractivity contribution is 8.18. The molecule has 1 amide bonds. The van der Waals surface area contributed by atoms with Crippen LogP contribution in [0.1, 0.15) is 37.7 Å². The molecular weight excluding hydrogens is 393 g/mol. The van der Waals surface area contributed by atoms with Crippen molar-refractivity contribution < 1.29 is 19.1 Å². The van der Waals surface area contributed by atoms with Gasteiger partial charge in [0.1, 0.15) is 5.82 Å². The van der Waals surface area contributed by atoms with Gasteiger partial charge in [0.2, 0.25) is 0 Å². The number of aromatic nitrogens is 1. The van der Waals surface area contributed by atoms with E-state index in [9.17, 15) is 14.0 Å². The number of amidine groups is 1. The Labute approximate surface area is 171 Å².